The van der Waals surface area contributed by atoms with Crippen molar-refractivity contribution in [3.05, 3.63) is 16.4 Å². The van der Waals surface area contributed by atoms with Gasteiger partial charge in [-0.25, -0.2) is 0 Å². The molecule has 5 heteroatoms. The standard InChI is InChI=1S/C16H28ClN3O/c1-5-10-18-14(16(21-4)8-6-7-9-16)11-13-15(17)12(2)19-20(13)3/h14,18H,5-11H2,1-4H3. The smallest absolute Gasteiger partial charge is 0.0847 e. The highest BCUT2D eigenvalue weighted by atomic mass is 35.5. The lowest BCUT2D eigenvalue weighted by atomic mass is 9.88. The molecule has 1 unspecified atom stereocenters. The molecular weight excluding hydrogens is 286 g/mol. The molecule has 0 saturated heterocycles. The van der Waals surface area contributed by atoms with Gasteiger partial charge in [-0.3, -0.25) is 4.68 Å². The molecule has 0 aromatic carbocycles. The Morgan fingerprint density at radius 1 is 1.43 bits per heavy atom. The second-order valence-electron chi connectivity index (χ2n) is 6.16. The molecule has 0 aliphatic heterocycles. The van der Waals surface area contributed by atoms with E-state index in [4.69, 9.17) is 16.3 Å². The van der Waals surface area contributed by atoms with E-state index in [9.17, 15) is 0 Å². The number of aryl methyl sites for hydroxylation is 2. The molecule has 0 spiro atoms. The Morgan fingerprint density at radius 3 is 2.57 bits per heavy atom. The van der Waals surface area contributed by atoms with Gasteiger partial charge < -0.3 is 10.1 Å². The number of hydrogen-bond acceptors (Lipinski definition) is 3. The quantitative estimate of drug-likeness (QED) is 0.840. The Kier molecular flexibility index (Phi) is 5.69. The fourth-order valence-corrected chi connectivity index (χ4v) is 3.76. The third kappa shape index (κ3) is 3.43. The largest absolute Gasteiger partial charge is 0.377 e. The molecule has 1 heterocycles. The summed E-state index contributed by atoms with van der Waals surface area (Å²) in [5, 5.41) is 8.92. The van der Waals surface area contributed by atoms with Crippen molar-refractivity contribution >= 4 is 11.6 Å². The predicted octanol–water partition coefficient (Wildman–Crippen LogP) is 3.25. The van der Waals surface area contributed by atoms with Crippen LogP contribution in [-0.2, 0) is 18.2 Å². The van der Waals surface area contributed by atoms with Crippen molar-refractivity contribution in [1.82, 2.24) is 15.1 Å². The number of nitrogens with zero attached hydrogens (tertiary/aromatic N) is 2. The van der Waals surface area contributed by atoms with Crippen LogP contribution in [0.25, 0.3) is 0 Å². The lowest BCUT2D eigenvalue weighted by Crippen LogP contribution is -2.52. The summed E-state index contributed by atoms with van der Waals surface area (Å²) in [4.78, 5) is 0. The van der Waals surface area contributed by atoms with Crippen LogP contribution in [0, 0.1) is 6.92 Å². The Morgan fingerprint density at radius 2 is 2.10 bits per heavy atom. The van der Waals surface area contributed by atoms with E-state index in [2.05, 4.69) is 17.3 Å². The molecule has 4 nitrogen and oxygen atoms in total. The molecular formula is C16H28ClN3O. The molecule has 1 N–H and O–H groups in total. The zero-order chi connectivity index (χ0) is 15.5. The molecule has 1 fully saturated rings. The number of rotatable bonds is 7. The first-order valence-electron chi connectivity index (χ1n) is 8.00. The van der Waals surface area contributed by atoms with Crippen LogP contribution in [0.15, 0.2) is 0 Å². The van der Waals surface area contributed by atoms with Crippen molar-refractivity contribution in [3.8, 4) is 0 Å². The van der Waals surface area contributed by atoms with Crippen LogP contribution in [0.2, 0.25) is 5.02 Å². The van der Waals surface area contributed by atoms with E-state index in [0.717, 1.165) is 48.6 Å². The Hall–Kier alpha value is -0.580. The van der Waals surface area contributed by atoms with Gasteiger partial charge >= 0.3 is 0 Å². The summed E-state index contributed by atoms with van der Waals surface area (Å²) in [6.45, 7) is 5.16. The van der Waals surface area contributed by atoms with Gasteiger partial charge in [0.15, 0.2) is 0 Å². The first-order valence-corrected chi connectivity index (χ1v) is 8.38. The molecule has 1 aliphatic rings. The molecule has 0 radical (unpaired) electrons. The Balaban J connectivity index is 2.23. The minimum Gasteiger partial charge on any atom is -0.377 e. The molecule has 21 heavy (non-hydrogen) atoms. The van der Waals surface area contributed by atoms with Gasteiger partial charge in [0.1, 0.15) is 0 Å². The van der Waals surface area contributed by atoms with E-state index in [1.54, 1.807) is 0 Å². The first-order chi connectivity index (χ1) is 10.0. The SMILES string of the molecule is CCCNC(Cc1c(Cl)c(C)nn1C)C1(OC)CCCC1. The van der Waals surface area contributed by atoms with Gasteiger partial charge in [-0.1, -0.05) is 31.4 Å². The summed E-state index contributed by atoms with van der Waals surface area (Å²) >= 11 is 6.44. The van der Waals surface area contributed by atoms with Gasteiger partial charge in [0, 0.05) is 26.6 Å². The third-order valence-electron chi connectivity index (χ3n) is 4.79. The number of hydrogen-bond donors (Lipinski definition) is 1. The van der Waals surface area contributed by atoms with Crippen molar-refractivity contribution < 1.29 is 4.74 Å². The van der Waals surface area contributed by atoms with Crippen LogP contribution in [0.5, 0.6) is 0 Å². The van der Waals surface area contributed by atoms with Gasteiger partial charge in [0.25, 0.3) is 0 Å². The van der Waals surface area contributed by atoms with Gasteiger partial charge in [-0.05, 0) is 32.7 Å². The van der Waals surface area contributed by atoms with E-state index in [1.807, 2.05) is 25.8 Å². The van der Waals surface area contributed by atoms with E-state index in [-0.39, 0.29) is 11.6 Å². The maximum Gasteiger partial charge on any atom is 0.0847 e. The van der Waals surface area contributed by atoms with Crippen LogP contribution in [0.3, 0.4) is 0 Å². The van der Waals surface area contributed by atoms with Crippen molar-refractivity contribution in [3.63, 3.8) is 0 Å². The molecule has 1 aromatic rings. The number of methoxy groups -OCH3 is 1. The van der Waals surface area contributed by atoms with E-state index >= 15 is 0 Å². The molecule has 0 amide bonds. The summed E-state index contributed by atoms with van der Waals surface area (Å²) in [5.41, 5.74) is 1.95. The van der Waals surface area contributed by atoms with Crippen molar-refractivity contribution in [2.45, 2.75) is 64.0 Å². The van der Waals surface area contributed by atoms with Gasteiger partial charge in [0.2, 0.25) is 0 Å². The topological polar surface area (TPSA) is 39.1 Å². The van der Waals surface area contributed by atoms with Gasteiger partial charge in [-0.15, -0.1) is 0 Å². The Labute approximate surface area is 133 Å². The van der Waals surface area contributed by atoms with Crippen LogP contribution in [0.4, 0.5) is 0 Å². The summed E-state index contributed by atoms with van der Waals surface area (Å²) in [5.74, 6) is 0. The minimum absolute atomic E-state index is 0.0589. The fraction of sp³-hybridized carbons (Fsp3) is 0.812. The van der Waals surface area contributed by atoms with E-state index < -0.39 is 0 Å². The van der Waals surface area contributed by atoms with E-state index in [0.29, 0.717) is 0 Å². The van der Waals surface area contributed by atoms with E-state index in [1.165, 1.54) is 12.8 Å². The number of nitrogens with one attached hydrogen (secondary N) is 1. The maximum absolute atomic E-state index is 6.44. The zero-order valence-electron chi connectivity index (χ0n) is 13.7. The number of halogens is 1. The van der Waals surface area contributed by atoms with Crippen LogP contribution in [-0.4, -0.2) is 35.1 Å². The predicted molar refractivity (Wildman–Crippen MR) is 86.9 cm³/mol. The summed E-state index contributed by atoms with van der Waals surface area (Å²) < 4.78 is 7.89. The van der Waals surface area contributed by atoms with Gasteiger partial charge in [0.05, 0.1) is 22.0 Å². The normalized spacial score (nSPS) is 19.1. The highest BCUT2D eigenvalue weighted by Crippen LogP contribution is 2.37. The van der Waals surface area contributed by atoms with Crippen molar-refractivity contribution in [2.75, 3.05) is 13.7 Å². The number of ether oxygens (including phenoxy) is 1. The monoisotopic (exact) mass is 313 g/mol. The Bertz CT molecular complexity index is 466. The molecule has 1 aliphatic carbocycles. The first kappa shape index (κ1) is 16.8. The summed E-state index contributed by atoms with van der Waals surface area (Å²) in [7, 11) is 3.82. The third-order valence-corrected chi connectivity index (χ3v) is 5.28. The van der Waals surface area contributed by atoms with Crippen LogP contribution in [0.1, 0.15) is 50.4 Å². The van der Waals surface area contributed by atoms with Crippen LogP contribution >= 0.6 is 11.6 Å². The summed E-state index contributed by atoms with van der Waals surface area (Å²) in [6.07, 6.45) is 6.73. The van der Waals surface area contributed by atoms with Crippen molar-refractivity contribution in [1.29, 1.82) is 0 Å². The lowest BCUT2D eigenvalue weighted by Gasteiger charge is -2.37. The molecule has 120 valence electrons. The molecule has 1 atom stereocenters. The molecule has 1 aromatic heterocycles. The fourth-order valence-electron chi connectivity index (χ4n) is 3.53. The zero-order valence-corrected chi connectivity index (χ0v) is 14.5. The second kappa shape index (κ2) is 7.12. The molecule has 2 rings (SSSR count). The van der Waals surface area contributed by atoms with Crippen molar-refractivity contribution in [2.24, 2.45) is 7.05 Å². The summed E-state index contributed by atoms with van der Waals surface area (Å²) in [6, 6.07) is 0.289. The van der Waals surface area contributed by atoms with Crippen LogP contribution < -0.4 is 5.32 Å². The average Bonchev–Trinajstić information content (AvgIpc) is 3.04. The average molecular weight is 314 g/mol. The highest BCUT2D eigenvalue weighted by Gasteiger charge is 2.41. The minimum atomic E-state index is -0.0589. The highest BCUT2D eigenvalue weighted by molar-refractivity contribution is 6.31. The lowest BCUT2D eigenvalue weighted by molar-refractivity contribution is -0.0358. The van der Waals surface area contributed by atoms with Gasteiger partial charge in [-0.2, -0.15) is 5.10 Å². The molecule has 0 bridgehead atoms. The molecule has 1 saturated carbocycles. The second-order valence-corrected chi connectivity index (χ2v) is 6.53. The number of aromatic nitrogens is 2. The maximum atomic E-state index is 6.44.